The van der Waals surface area contributed by atoms with Crippen molar-refractivity contribution in [3.8, 4) is 0 Å². The van der Waals surface area contributed by atoms with E-state index in [0.717, 1.165) is 31.0 Å². The van der Waals surface area contributed by atoms with E-state index in [4.69, 9.17) is 9.47 Å². The van der Waals surface area contributed by atoms with Crippen LogP contribution in [0.5, 0.6) is 0 Å². The molecule has 0 unspecified atom stereocenters. The van der Waals surface area contributed by atoms with Gasteiger partial charge in [-0.3, -0.25) is 19.7 Å². The van der Waals surface area contributed by atoms with Crippen LogP contribution in [0, 0.1) is 18.8 Å². The topological polar surface area (TPSA) is 76.6 Å². The lowest BCUT2D eigenvalue weighted by molar-refractivity contribution is -0.126. The molecule has 2 aliphatic rings. The number of likely N-dealkylation sites (tertiary alicyclic amines) is 1. The second kappa shape index (κ2) is 7.33. The summed E-state index contributed by atoms with van der Waals surface area (Å²) in [6.07, 6.45) is 3.58. The lowest BCUT2D eigenvalue weighted by atomic mass is 9.92. The molecule has 0 spiro atoms. The summed E-state index contributed by atoms with van der Waals surface area (Å²) in [6, 6.07) is 0. The van der Waals surface area contributed by atoms with Crippen molar-refractivity contribution < 1.29 is 14.3 Å². The van der Waals surface area contributed by atoms with Crippen molar-refractivity contribution in [2.24, 2.45) is 11.8 Å². The maximum Gasteiger partial charge on any atom is 0.226 e. The number of nitrogens with zero attached hydrogens (tertiary/aromatic N) is 3. The molecule has 23 heavy (non-hydrogen) atoms. The molecule has 1 amide bonds. The van der Waals surface area contributed by atoms with Crippen molar-refractivity contribution in [3.05, 3.63) is 23.8 Å². The van der Waals surface area contributed by atoms with Gasteiger partial charge in [-0.25, -0.2) is 0 Å². The van der Waals surface area contributed by atoms with E-state index in [1.165, 1.54) is 0 Å². The van der Waals surface area contributed by atoms with E-state index in [-0.39, 0.29) is 23.8 Å². The van der Waals surface area contributed by atoms with E-state index in [0.29, 0.717) is 19.8 Å². The molecule has 3 rings (SSSR count). The van der Waals surface area contributed by atoms with Crippen LogP contribution in [0.4, 0.5) is 0 Å². The van der Waals surface area contributed by atoms with Crippen LogP contribution in [-0.4, -0.2) is 66.8 Å². The number of methoxy groups -OCH3 is 1. The predicted molar refractivity (Wildman–Crippen MR) is 83.7 cm³/mol. The summed E-state index contributed by atoms with van der Waals surface area (Å²) in [5.41, 5.74) is 1.64. The third-order valence-electron chi connectivity index (χ3n) is 4.62. The summed E-state index contributed by atoms with van der Waals surface area (Å²) >= 11 is 0. The van der Waals surface area contributed by atoms with Gasteiger partial charge in [0.15, 0.2) is 0 Å². The number of ether oxygens (including phenoxy) is 2. The van der Waals surface area contributed by atoms with Crippen molar-refractivity contribution in [1.29, 1.82) is 0 Å². The third-order valence-corrected chi connectivity index (χ3v) is 4.62. The molecule has 1 aromatic heterocycles. The summed E-state index contributed by atoms with van der Waals surface area (Å²) in [5.74, 6) is 0.246. The standard InChI is InChI=1S/C16H24N4O3/c1-11-5-18-12(6-17-11)7-19-16(21)14-10-23-15-9-20(3-4-22-2)8-13(14)15/h5-6,13-15H,3-4,7-10H2,1-2H3,(H,19,21)/t13-,14+,15-/m0/s1. The van der Waals surface area contributed by atoms with E-state index in [9.17, 15) is 4.79 Å². The number of aromatic nitrogens is 2. The van der Waals surface area contributed by atoms with Gasteiger partial charge in [-0.05, 0) is 6.92 Å². The molecule has 2 aliphatic heterocycles. The van der Waals surface area contributed by atoms with E-state index in [1.807, 2.05) is 6.92 Å². The minimum absolute atomic E-state index is 0.0495. The Kier molecular flexibility index (Phi) is 5.20. The number of nitrogens with one attached hydrogen (secondary N) is 1. The van der Waals surface area contributed by atoms with Gasteiger partial charge in [-0.1, -0.05) is 0 Å². The summed E-state index contributed by atoms with van der Waals surface area (Å²) in [6.45, 7) is 6.20. The molecule has 7 nitrogen and oxygen atoms in total. The Bertz CT molecular complexity index is 537. The van der Waals surface area contributed by atoms with Gasteiger partial charge in [0.25, 0.3) is 0 Å². The third kappa shape index (κ3) is 3.85. The van der Waals surface area contributed by atoms with Gasteiger partial charge in [0.2, 0.25) is 5.91 Å². The maximum atomic E-state index is 12.5. The van der Waals surface area contributed by atoms with E-state index >= 15 is 0 Å². The fourth-order valence-electron chi connectivity index (χ4n) is 3.29. The number of fused-ring (bicyclic) bond motifs is 1. The van der Waals surface area contributed by atoms with E-state index in [1.54, 1.807) is 19.5 Å². The van der Waals surface area contributed by atoms with Gasteiger partial charge < -0.3 is 14.8 Å². The van der Waals surface area contributed by atoms with Gasteiger partial charge >= 0.3 is 0 Å². The van der Waals surface area contributed by atoms with Crippen LogP contribution in [-0.2, 0) is 20.8 Å². The molecule has 0 aromatic carbocycles. The smallest absolute Gasteiger partial charge is 0.226 e. The van der Waals surface area contributed by atoms with Crippen LogP contribution >= 0.6 is 0 Å². The second-order valence-electron chi connectivity index (χ2n) is 6.26. The number of carbonyl (C=O) groups is 1. The van der Waals surface area contributed by atoms with Gasteiger partial charge in [0.1, 0.15) is 0 Å². The number of aryl methyl sites for hydroxylation is 1. The Morgan fingerprint density at radius 3 is 3.04 bits per heavy atom. The Morgan fingerprint density at radius 1 is 1.43 bits per heavy atom. The molecule has 3 atom stereocenters. The average molecular weight is 320 g/mol. The highest BCUT2D eigenvalue weighted by Gasteiger charge is 2.46. The van der Waals surface area contributed by atoms with E-state index < -0.39 is 0 Å². The molecule has 1 aromatic rings. The molecule has 1 N–H and O–H groups in total. The molecular weight excluding hydrogens is 296 g/mol. The molecule has 7 heteroatoms. The first-order chi connectivity index (χ1) is 11.2. The zero-order chi connectivity index (χ0) is 16.2. The molecule has 0 radical (unpaired) electrons. The lowest BCUT2D eigenvalue weighted by Gasteiger charge is -2.18. The number of amides is 1. The van der Waals surface area contributed by atoms with Crippen molar-refractivity contribution in [2.75, 3.05) is 40.0 Å². The van der Waals surface area contributed by atoms with Crippen molar-refractivity contribution in [3.63, 3.8) is 0 Å². The summed E-state index contributed by atoms with van der Waals surface area (Å²) in [7, 11) is 1.71. The monoisotopic (exact) mass is 320 g/mol. The zero-order valence-electron chi connectivity index (χ0n) is 13.7. The SMILES string of the molecule is COCCN1C[C@@H]2[C@H](C1)OC[C@H]2C(=O)NCc1cnc(C)cn1. The zero-order valence-corrected chi connectivity index (χ0v) is 13.7. The van der Waals surface area contributed by atoms with Gasteiger partial charge in [0.05, 0.1) is 49.4 Å². The first kappa shape index (κ1) is 16.3. The molecular formula is C16H24N4O3. The molecule has 0 saturated carbocycles. The highest BCUT2D eigenvalue weighted by Crippen LogP contribution is 2.33. The summed E-state index contributed by atoms with van der Waals surface area (Å²) < 4.78 is 10.9. The second-order valence-corrected chi connectivity index (χ2v) is 6.26. The minimum Gasteiger partial charge on any atom is -0.383 e. The minimum atomic E-state index is -0.0778. The predicted octanol–water partition coefficient (Wildman–Crippen LogP) is -0.00558. The highest BCUT2D eigenvalue weighted by atomic mass is 16.5. The van der Waals surface area contributed by atoms with Gasteiger partial charge in [-0.2, -0.15) is 0 Å². The average Bonchev–Trinajstić information content (AvgIpc) is 3.12. The first-order valence-corrected chi connectivity index (χ1v) is 8.05. The largest absolute Gasteiger partial charge is 0.383 e. The number of rotatable bonds is 6. The number of hydrogen-bond donors (Lipinski definition) is 1. The molecule has 126 valence electrons. The van der Waals surface area contributed by atoms with Crippen molar-refractivity contribution in [1.82, 2.24) is 20.2 Å². The Morgan fingerprint density at radius 2 is 2.30 bits per heavy atom. The van der Waals surface area contributed by atoms with Crippen LogP contribution in [0.1, 0.15) is 11.4 Å². The first-order valence-electron chi connectivity index (χ1n) is 8.05. The normalized spacial score (nSPS) is 27.1. The van der Waals surface area contributed by atoms with E-state index in [2.05, 4.69) is 20.2 Å². The Balaban J connectivity index is 1.51. The molecule has 2 fully saturated rings. The van der Waals surface area contributed by atoms with Crippen LogP contribution < -0.4 is 5.32 Å². The van der Waals surface area contributed by atoms with Crippen molar-refractivity contribution >= 4 is 5.91 Å². The van der Waals surface area contributed by atoms with Crippen molar-refractivity contribution in [2.45, 2.75) is 19.6 Å². The fourth-order valence-corrected chi connectivity index (χ4v) is 3.29. The summed E-state index contributed by atoms with van der Waals surface area (Å²) in [5, 5.41) is 2.97. The number of hydrogen-bond acceptors (Lipinski definition) is 6. The lowest BCUT2D eigenvalue weighted by Crippen LogP contribution is -2.36. The fraction of sp³-hybridized carbons (Fsp3) is 0.688. The molecule has 0 aliphatic carbocycles. The van der Waals surface area contributed by atoms with Crippen LogP contribution in [0.25, 0.3) is 0 Å². The van der Waals surface area contributed by atoms with Crippen LogP contribution in [0.3, 0.4) is 0 Å². The highest BCUT2D eigenvalue weighted by molar-refractivity contribution is 5.79. The maximum absolute atomic E-state index is 12.5. The molecule has 2 saturated heterocycles. The van der Waals surface area contributed by atoms with Crippen LogP contribution in [0.2, 0.25) is 0 Å². The molecule has 0 bridgehead atoms. The quantitative estimate of drug-likeness (QED) is 0.795. The Hall–Kier alpha value is -1.57. The van der Waals surface area contributed by atoms with Gasteiger partial charge in [-0.15, -0.1) is 0 Å². The molecule has 3 heterocycles. The Labute approximate surface area is 136 Å². The van der Waals surface area contributed by atoms with Crippen LogP contribution in [0.15, 0.2) is 12.4 Å². The van der Waals surface area contributed by atoms with Gasteiger partial charge in [0, 0.05) is 38.9 Å². The number of carbonyl (C=O) groups excluding carboxylic acids is 1. The summed E-state index contributed by atoms with van der Waals surface area (Å²) in [4.78, 5) is 23.2.